The van der Waals surface area contributed by atoms with E-state index in [0.717, 1.165) is 14.9 Å². The SMILES string of the molecule is CCN1C(=O)N/C(=C/c2cc(Br)c(OCc3ccc(Br)cc3)c(OC)c2)C1=O. The Morgan fingerprint density at radius 3 is 2.46 bits per heavy atom. The number of likely N-dealkylation sites (N-methyl/N-ethyl adjacent to an activating group) is 1. The molecule has 8 heteroatoms. The van der Waals surface area contributed by atoms with E-state index in [1.807, 2.05) is 24.3 Å². The number of benzene rings is 2. The number of nitrogens with one attached hydrogen (secondary N) is 1. The molecule has 3 rings (SSSR count). The predicted octanol–water partition coefficient (Wildman–Crippen LogP) is 4.71. The molecule has 6 nitrogen and oxygen atoms in total. The second-order valence-corrected chi connectivity index (χ2v) is 7.76. The van der Waals surface area contributed by atoms with E-state index in [0.29, 0.717) is 34.7 Å². The minimum absolute atomic E-state index is 0.226. The third-order valence-electron chi connectivity index (χ3n) is 4.14. The molecule has 1 aliphatic heterocycles. The zero-order valence-corrected chi connectivity index (χ0v) is 18.5. The van der Waals surface area contributed by atoms with E-state index in [1.54, 1.807) is 32.2 Å². The Morgan fingerprint density at radius 2 is 1.86 bits per heavy atom. The maximum absolute atomic E-state index is 12.2. The smallest absolute Gasteiger partial charge is 0.328 e. The largest absolute Gasteiger partial charge is 0.493 e. The third kappa shape index (κ3) is 4.39. The van der Waals surface area contributed by atoms with Gasteiger partial charge in [-0.1, -0.05) is 28.1 Å². The molecule has 0 spiro atoms. The molecule has 2 aromatic carbocycles. The standard InChI is InChI=1S/C20H18Br2N2O4/c1-3-24-19(25)16(23-20(24)26)9-13-8-15(22)18(17(10-13)27-2)28-11-12-4-6-14(21)7-5-12/h4-10H,3,11H2,1-2H3,(H,23,26)/b16-9+. The highest BCUT2D eigenvalue weighted by molar-refractivity contribution is 9.10. The quantitative estimate of drug-likeness (QED) is 0.452. The fraction of sp³-hybridized carbons (Fsp3) is 0.200. The van der Waals surface area contributed by atoms with E-state index in [9.17, 15) is 9.59 Å². The van der Waals surface area contributed by atoms with Gasteiger partial charge in [-0.15, -0.1) is 0 Å². The number of hydrogen-bond acceptors (Lipinski definition) is 4. The number of methoxy groups -OCH3 is 1. The second-order valence-electron chi connectivity index (χ2n) is 5.99. The molecule has 0 radical (unpaired) electrons. The third-order valence-corrected chi connectivity index (χ3v) is 5.26. The maximum Gasteiger partial charge on any atom is 0.328 e. The number of halogens is 2. The Morgan fingerprint density at radius 1 is 1.14 bits per heavy atom. The van der Waals surface area contributed by atoms with Gasteiger partial charge in [0.05, 0.1) is 11.6 Å². The van der Waals surface area contributed by atoms with Gasteiger partial charge in [0.25, 0.3) is 5.91 Å². The predicted molar refractivity (Wildman–Crippen MR) is 113 cm³/mol. The van der Waals surface area contributed by atoms with Crippen molar-refractivity contribution in [2.24, 2.45) is 0 Å². The first-order chi connectivity index (χ1) is 13.4. The summed E-state index contributed by atoms with van der Waals surface area (Å²) in [4.78, 5) is 25.2. The van der Waals surface area contributed by atoms with Crippen LogP contribution in [-0.4, -0.2) is 30.5 Å². The Kier molecular flexibility index (Phi) is 6.41. The lowest BCUT2D eigenvalue weighted by atomic mass is 10.1. The molecule has 0 saturated carbocycles. The van der Waals surface area contributed by atoms with Crippen LogP contribution in [0.15, 0.2) is 51.0 Å². The van der Waals surface area contributed by atoms with Crippen molar-refractivity contribution in [3.63, 3.8) is 0 Å². The minimum atomic E-state index is -0.417. The molecule has 1 saturated heterocycles. The molecule has 0 bridgehead atoms. The van der Waals surface area contributed by atoms with Crippen LogP contribution in [0, 0.1) is 0 Å². The van der Waals surface area contributed by atoms with Gasteiger partial charge in [-0.25, -0.2) is 4.79 Å². The summed E-state index contributed by atoms with van der Waals surface area (Å²) in [6.45, 7) is 2.44. The van der Waals surface area contributed by atoms with E-state index in [-0.39, 0.29) is 11.6 Å². The molecule has 1 heterocycles. The van der Waals surface area contributed by atoms with Gasteiger partial charge in [0.1, 0.15) is 12.3 Å². The van der Waals surface area contributed by atoms with Crippen molar-refractivity contribution in [2.45, 2.75) is 13.5 Å². The molecule has 1 fully saturated rings. The number of hydrogen-bond donors (Lipinski definition) is 1. The summed E-state index contributed by atoms with van der Waals surface area (Å²) in [5, 5.41) is 2.58. The summed E-state index contributed by atoms with van der Waals surface area (Å²) in [5.74, 6) is 0.727. The fourth-order valence-corrected chi connectivity index (χ4v) is 3.56. The van der Waals surface area contributed by atoms with Crippen molar-refractivity contribution in [3.05, 3.63) is 62.2 Å². The summed E-state index contributed by atoms with van der Waals surface area (Å²) in [7, 11) is 1.55. The van der Waals surface area contributed by atoms with Crippen molar-refractivity contribution in [2.75, 3.05) is 13.7 Å². The van der Waals surface area contributed by atoms with Crippen LogP contribution in [0.5, 0.6) is 11.5 Å². The average molecular weight is 510 g/mol. The number of ether oxygens (including phenoxy) is 2. The normalized spacial score (nSPS) is 15.1. The van der Waals surface area contributed by atoms with Crippen LogP contribution in [0.25, 0.3) is 6.08 Å². The van der Waals surface area contributed by atoms with E-state index in [4.69, 9.17) is 9.47 Å². The number of imide groups is 1. The number of nitrogens with zero attached hydrogens (tertiary/aromatic N) is 1. The molecule has 3 amide bonds. The van der Waals surface area contributed by atoms with Crippen molar-refractivity contribution in [1.29, 1.82) is 0 Å². The van der Waals surface area contributed by atoms with Gasteiger partial charge >= 0.3 is 6.03 Å². The summed E-state index contributed by atoms with van der Waals surface area (Å²) in [5.41, 5.74) is 1.94. The lowest BCUT2D eigenvalue weighted by Crippen LogP contribution is -2.30. The zero-order chi connectivity index (χ0) is 20.3. The summed E-state index contributed by atoms with van der Waals surface area (Å²) < 4.78 is 13.1. The zero-order valence-electron chi connectivity index (χ0n) is 15.3. The van der Waals surface area contributed by atoms with Gasteiger partial charge in [-0.3, -0.25) is 9.69 Å². The van der Waals surface area contributed by atoms with Gasteiger partial charge in [0.2, 0.25) is 0 Å². The van der Waals surface area contributed by atoms with Gasteiger partial charge < -0.3 is 14.8 Å². The van der Waals surface area contributed by atoms with Crippen LogP contribution >= 0.6 is 31.9 Å². The van der Waals surface area contributed by atoms with Gasteiger partial charge in [0, 0.05) is 11.0 Å². The molecule has 0 aliphatic carbocycles. The molecule has 0 aromatic heterocycles. The first kappa shape index (κ1) is 20.4. The van der Waals surface area contributed by atoms with E-state index >= 15 is 0 Å². The monoisotopic (exact) mass is 508 g/mol. The van der Waals surface area contributed by atoms with Crippen LogP contribution in [-0.2, 0) is 11.4 Å². The average Bonchev–Trinajstić information content (AvgIpc) is 2.94. The lowest BCUT2D eigenvalue weighted by molar-refractivity contribution is -0.122. The molecule has 2 aromatic rings. The summed E-state index contributed by atoms with van der Waals surface area (Å²) in [6.07, 6.45) is 1.61. The lowest BCUT2D eigenvalue weighted by Gasteiger charge is -2.14. The maximum atomic E-state index is 12.2. The summed E-state index contributed by atoms with van der Waals surface area (Å²) in [6, 6.07) is 11.0. The van der Waals surface area contributed by atoms with E-state index in [1.165, 1.54) is 0 Å². The van der Waals surface area contributed by atoms with Crippen molar-refractivity contribution in [3.8, 4) is 11.5 Å². The highest BCUT2D eigenvalue weighted by atomic mass is 79.9. The molecular formula is C20H18Br2N2O4. The van der Waals surface area contributed by atoms with E-state index in [2.05, 4.69) is 37.2 Å². The molecular weight excluding hydrogens is 492 g/mol. The molecule has 146 valence electrons. The van der Waals surface area contributed by atoms with Crippen molar-refractivity contribution in [1.82, 2.24) is 10.2 Å². The Labute approximate surface area is 179 Å². The van der Waals surface area contributed by atoms with Crippen LogP contribution < -0.4 is 14.8 Å². The topological polar surface area (TPSA) is 67.9 Å². The Balaban J connectivity index is 1.83. The first-order valence-electron chi connectivity index (χ1n) is 8.52. The fourth-order valence-electron chi connectivity index (χ4n) is 2.72. The molecule has 1 N–H and O–H groups in total. The molecule has 28 heavy (non-hydrogen) atoms. The van der Waals surface area contributed by atoms with Crippen LogP contribution in [0.1, 0.15) is 18.1 Å². The molecule has 0 atom stereocenters. The number of urea groups is 1. The van der Waals surface area contributed by atoms with Crippen LogP contribution in [0.2, 0.25) is 0 Å². The first-order valence-corrected chi connectivity index (χ1v) is 10.1. The van der Waals surface area contributed by atoms with Gasteiger partial charge in [-0.2, -0.15) is 0 Å². The van der Waals surface area contributed by atoms with Crippen LogP contribution in [0.4, 0.5) is 4.79 Å². The summed E-state index contributed by atoms with van der Waals surface area (Å²) >= 11 is 6.91. The highest BCUT2D eigenvalue weighted by Gasteiger charge is 2.32. The van der Waals surface area contributed by atoms with Gasteiger partial charge in [0.15, 0.2) is 11.5 Å². The van der Waals surface area contributed by atoms with E-state index < -0.39 is 6.03 Å². The molecule has 0 unspecified atom stereocenters. The van der Waals surface area contributed by atoms with Gasteiger partial charge in [-0.05, 0) is 64.3 Å². The minimum Gasteiger partial charge on any atom is -0.493 e. The highest BCUT2D eigenvalue weighted by Crippen LogP contribution is 2.38. The number of rotatable bonds is 6. The second kappa shape index (κ2) is 8.79. The molecule has 1 aliphatic rings. The number of carbonyl (C=O) groups is 2. The van der Waals surface area contributed by atoms with Crippen molar-refractivity contribution >= 4 is 49.9 Å². The number of amides is 3. The van der Waals surface area contributed by atoms with Crippen molar-refractivity contribution < 1.29 is 19.1 Å². The Bertz CT molecular complexity index is 942. The van der Waals surface area contributed by atoms with Crippen LogP contribution in [0.3, 0.4) is 0 Å². The Hall–Kier alpha value is -2.32. The number of carbonyl (C=O) groups excluding carboxylic acids is 2.